The molecule has 3 aromatic heterocycles. The Morgan fingerprint density at radius 1 is 1.29 bits per heavy atom. The summed E-state index contributed by atoms with van der Waals surface area (Å²) in [7, 11) is 1.79. The van der Waals surface area contributed by atoms with Gasteiger partial charge in [-0.05, 0) is 36.1 Å². The number of carbonyl (C=O) groups is 1. The van der Waals surface area contributed by atoms with E-state index in [4.69, 9.17) is 0 Å². The van der Waals surface area contributed by atoms with Crippen LogP contribution in [0.1, 0.15) is 16.9 Å². The largest absolute Gasteiger partial charge is 0.384 e. The summed E-state index contributed by atoms with van der Waals surface area (Å²) >= 11 is 1.61. The third-order valence-corrected chi connectivity index (χ3v) is 4.41. The number of nitrogens with one attached hydrogen (secondary N) is 2. The summed E-state index contributed by atoms with van der Waals surface area (Å²) in [6.45, 7) is 1.38. The first kappa shape index (κ1) is 16.2. The highest BCUT2D eigenvalue weighted by Gasteiger charge is 2.14. The topological polar surface area (TPSA) is 71.8 Å². The highest BCUT2D eigenvalue weighted by Crippen LogP contribution is 2.23. The molecule has 7 heteroatoms. The van der Waals surface area contributed by atoms with E-state index >= 15 is 0 Å². The van der Waals surface area contributed by atoms with Gasteiger partial charge < -0.3 is 10.6 Å². The minimum atomic E-state index is -0.103. The standard InChI is InChI=1S/C17H19N5OS/c1-22-15(11-14(21-22)16-6-3-10-24-16)17(23)20-9-4-8-19-13-5-2-7-18-12-13/h2-3,5-7,10-12,19H,4,8-9H2,1H3,(H,20,23). The SMILES string of the molecule is Cn1nc(-c2cccs2)cc1C(=O)NCCCNc1cccnc1. The van der Waals surface area contributed by atoms with Crippen molar-refractivity contribution in [1.29, 1.82) is 0 Å². The maximum Gasteiger partial charge on any atom is 0.269 e. The quantitative estimate of drug-likeness (QED) is 0.648. The second-order valence-electron chi connectivity index (χ2n) is 5.29. The normalized spacial score (nSPS) is 10.5. The Hall–Kier alpha value is -2.67. The molecule has 0 saturated heterocycles. The van der Waals surface area contributed by atoms with Crippen molar-refractivity contribution in [2.24, 2.45) is 7.05 Å². The molecule has 3 aromatic rings. The van der Waals surface area contributed by atoms with Crippen molar-refractivity contribution in [1.82, 2.24) is 20.1 Å². The minimum absolute atomic E-state index is 0.103. The van der Waals surface area contributed by atoms with Crippen LogP contribution in [-0.2, 0) is 7.05 Å². The molecular formula is C17H19N5OS. The molecule has 1 amide bonds. The van der Waals surface area contributed by atoms with Crippen LogP contribution < -0.4 is 10.6 Å². The number of pyridine rings is 1. The van der Waals surface area contributed by atoms with Gasteiger partial charge in [0.1, 0.15) is 11.4 Å². The third-order valence-electron chi connectivity index (χ3n) is 3.52. The van der Waals surface area contributed by atoms with Crippen LogP contribution in [0.3, 0.4) is 0 Å². The Labute approximate surface area is 144 Å². The van der Waals surface area contributed by atoms with Crippen molar-refractivity contribution in [3.8, 4) is 10.6 Å². The number of thiophene rings is 1. The van der Waals surface area contributed by atoms with E-state index < -0.39 is 0 Å². The number of amides is 1. The molecule has 3 rings (SSSR count). The highest BCUT2D eigenvalue weighted by atomic mass is 32.1. The van der Waals surface area contributed by atoms with E-state index in [1.165, 1.54) is 0 Å². The fourth-order valence-corrected chi connectivity index (χ4v) is 2.99. The fraction of sp³-hybridized carbons (Fsp3) is 0.235. The Morgan fingerprint density at radius 2 is 2.21 bits per heavy atom. The van der Waals surface area contributed by atoms with Gasteiger partial charge in [0.15, 0.2) is 0 Å². The molecule has 6 nitrogen and oxygen atoms in total. The number of carbonyl (C=O) groups excluding carboxylic acids is 1. The molecule has 0 aromatic carbocycles. The predicted octanol–water partition coefficient (Wildman–Crippen LogP) is 2.78. The zero-order valence-corrected chi connectivity index (χ0v) is 14.2. The molecule has 124 valence electrons. The van der Waals surface area contributed by atoms with Gasteiger partial charge in [0.2, 0.25) is 0 Å². The van der Waals surface area contributed by atoms with Crippen LogP contribution in [0.2, 0.25) is 0 Å². The van der Waals surface area contributed by atoms with Gasteiger partial charge in [0.25, 0.3) is 5.91 Å². The summed E-state index contributed by atoms with van der Waals surface area (Å²) in [5, 5.41) is 12.6. The number of hydrogen-bond acceptors (Lipinski definition) is 5. The van der Waals surface area contributed by atoms with Crippen LogP contribution >= 0.6 is 11.3 Å². The molecule has 0 saturated carbocycles. The van der Waals surface area contributed by atoms with E-state index in [0.29, 0.717) is 12.2 Å². The van der Waals surface area contributed by atoms with Crippen molar-refractivity contribution >= 4 is 22.9 Å². The van der Waals surface area contributed by atoms with E-state index in [0.717, 1.165) is 29.2 Å². The molecule has 0 aliphatic heterocycles. The van der Waals surface area contributed by atoms with Crippen LogP contribution in [0.4, 0.5) is 5.69 Å². The molecule has 0 unspecified atom stereocenters. The van der Waals surface area contributed by atoms with Gasteiger partial charge in [-0.3, -0.25) is 14.5 Å². The smallest absolute Gasteiger partial charge is 0.269 e. The molecule has 0 bridgehead atoms. The predicted molar refractivity (Wildman–Crippen MR) is 96.2 cm³/mol. The second-order valence-corrected chi connectivity index (χ2v) is 6.24. The number of rotatable bonds is 7. The first-order valence-electron chi connectivity index (χ1n) is 7.74. The third kappa shape index (κ3) is 3.99. The highest BCUT2D eigenvalue weighted by molar-refractivity contribution is 7.13. The summed E-state index contributed by atoms with van der Waals surface area (Å²) in [5.41, 5.74) is 2.38. The zero-order chi connectivity index (χ0) is 16.8. The van der Waals surface area contributed by atoms with Crippen LogP contribution in [0.5, 0.6) is 0 Å². The molecule has 0 aliphatic rings. The van der Waals surface area contributed by atoms with Gasteiger partial charge in [-0.15, -0.1) is 11.3 Å². The van der Waals surface area contributed by atoms with Crippen LogP contribution in [0, 0.1) is 0 Å². The molecule has 2 N–H and O–H groups in total. The molecule has 0 atom stereocenters. The van der Waals surface area contributed by atoms with Gasteiger partial charge in [-0.1, -0.05) is 6.07 Å². The van der Waals surface area contributed by atoms with Gasteiger partial charge >= 0.3 is 0 Å². The molecule has 3 heterocycles. The average molecular weight is 341 g/mol. The van der Waals surface area contributed by atoms with E-state index in [1.807, 2.05) is 35.7 Å². The van der Waals surface area contributed by atoms with E-state index in [9.17, 15) is 4.79 Å². The number of nitrogens with zero attached hydrogens (tertiary/aromatic N) is 3. The average Bonchev–Trinajstić information content (AvgIpc) is 3.24. The Kier molecular flexibility index (Phi) is 5.22. The lowest BCUT2D eigenvalue weighted by molar-refractivity contribution is 0.0944. The number of hydrogen-bond donors (Lipinski definition) is 2. The maximum absolute atomic E-state index is 12.3. The Morgan fingerprint density at radius 3 is 2.96 bits per heavy atom. The molecule has 0 aliphatic carbocycles. The van der Waals surface area contributed by atoms with Crippen molar-refractivity contribution in [2.75, 3.05) is 18.4 Å². The van der Waals surface area contributed by atoms with E-state index in [-0.39, 0.29) is 5.91 Å². The van der Waals surface area contributed by atoms with Crippen LogP contribution in [0.25, 0.3) is 10.6 Å². The van der Waals surface area contributed by atoms with Gasteiger partial charge in [-0.25, -0.2) is 0 Å². The zero-order valence-electron chi connectivity index (χ0n) is 13.4. The van der Waals surface area contributed by atoms with Gasteiger partial charge in [-0.2, -0.15) is 5.10 Å². The van der Waals surface area contributed by atoms with Crippen molar-refractivity contribution in [3.63, 3.8) is 0 Å². The summed E-state index contributed by atoms with van der Waals surface area (Å²) < 4.78 is 1.62. The van der Waals surface area contributed by atoms with Gasteiger partial charge in [0, 0.05) is 32.5 Å². The minimum Gasteiger partial charge on any atom is -0.384 e. The summed E-state index contributed by atoms with van der Waals surface area (Å²) in [6, 6.07) is 9.66. The number of aromatic nitrogens is 3. The summed E-state index contributed by atoms with van der Waals surface area (Å²) in [4.78, 5) is 17.4. The fourth-order valence-electron chi connectivity index (χ4n) is 2.31. The summed E-state index contributed by atoms with van der Waals surface area (Å²) in [5.74, 6) is -0.103. The molecule has 0 fully saturated rings. The summed E-state index contributed by atoms with van der Waals surface area (Å²) in [6.07, 6.45) is 4.35. The first-order valence-corrected chi connectivity index (χ1v) is 8.62. The first-order chi connectivity index (χ1) is 11.7. The second kappa shape index (κ2) is 7.74. The Balaban J connectivity index is 1.47. The number of aryl methyl sites for hydroxylation is 1. The lowest BCUT2D eigenvalue weighted by Gasteiger charge is -2.07. The molecule has 24 heavy (non-hydrogen) atoms. The Bertz CT molecular complexity index is 783. The van der Waals surface area contributed by atoms with E-state index in [2.05, 4.69) is 20.7 Å². The van der Waals surface area contributed by atoms with Crippen LogP contribution in [0.15, 0.2) is 48.1 Å². The van der Waals surface area contributed by atoms with Crippen molar-refractivity contribution < 1.29 is 4.79 Å². The van der Waals surface area contributed by atoms with Gasteiger partial charge in [0.05, 0.1) is 10.6 Å². The molecular weight excluding hydrogens is 322 g/mol. The van der Waals surface area contributed by atoms with E-state index in [1.54, 1.807) is 35.5 Å². The number of anilines is 1. The molecule has 0 spiro atoms. The van der Waals surface area contributed by atoms with Crippen LogP contribution in [-0.4, -0.2) is 33.8 Å². The monoisotopic (exact) mass is 341 g/mol. The molecule has 0 radical (unpaired) electrons. The maximum atomic E-state index is 12.3. The lowest BCUT2D eigenvalue weighted by atomic mass is 10.3. The lowest BCUT2D eigenvalue weighted by Crippen LogP contribution is -2.27. The van der Waals surface area contributed by atoms with Crippen molar-refractivity contribution in [3.05, 3.63) is 53.8 Å². The van der Waals surface area contributed by atoms with Crippen molar-refractivity contribution in [2.45, 2.75) is 6.42 Å².